The minimum Gasteiger partial charge on any atom is -0.354 e. The molecule has 0 aromatic heterocycles. The smallest absolute Gasteiger partial charge is 0.317 e. The summed E-state index contributed by atoms with van der Waals surface area (Å²) < 4.78 is 27.3. The monoisotopic (exact) mass is 410 g/mol. The number of aryl methyl sites for hydroxylation is 2. The standard InChI is InChI=1S/C19H30N4O4S/c1-14(2)18(24)20-7-8-21-19(25)22-9-11-23(12-10-22)28(26,27)17-13-15(3)5-6-16(17)4/h5-6,13-14H,7-12H2,1-4H3,(H,20,24)(H,21,25). The number of amides is 3. The van der Waals surface area contributed by atoms with E-state index in [1.165, 1.54) is 4.31 Å². The largest absolute Gasteiger partial charge is 0.354 e. The second-order valence-electron chi connectivity index (χ2n) is 7.34. The fourth-order valence-electron chi connectivity index (χ4n) is 2.93. The maximum atomic E-state index is 12.9. The van der Waals surface area contributed by atoms with Crippen molar-refractivity contribution in [1.82, 2.24) is 19.8 Å². The Morgan fingerprint density at radius 3 is 2.25 bits per heavy atom. The summed E-state index contributed by atoms with van der Waals surface area (Å²) in [6, 6.07) is 5.14. The summed E-state index contributed by atoms with van der Waals surface area (Å²) in [6.45, 7) is 9.13. The lowest BCUT2D eigenvalue weighted by molar-refractivity contribution is -0.123. The number of benzene rings is 1. The van der Waals surface area contributed by atoms with E-state index < -0.39 is 10.0 Å². The molecule has 1 aliphatic heterocycles. The third-order valence-corrected chi connectivity index (χ3v) is 6.75. The van der Waals surface area contributed by atoms with Crippen molar-refractivity contribution in [2.45, 2.75) is 32.6 Å². The zero-order valence-electron chi connectivity index (χ0n) is 17.0. The Morgan fingerprint density at radius 2 is 1.64 bits per heavy atom. The van der Waals surface area contributed by atoms with Gasteiger partial charge in [-0.2, -0.15) is 4.31 Å². The Hall–Kier alpha value is -2.13. The van der Waals surface area contributed by atoms with E-state index in [2.05, 4.69) is 10.6 Å². The van der Waals surface area contributed by atoms with E-state index in [4.69, 9.17) is 0 Å². The van der Waals surface area contributed by atoms with E-state index in [-0.39, 0.29) is 30.9 Å². The quantitative estimate of drug-likeness (QED) is 0.686. The molecule has 156 valence electrons. The van der Waals surface area contributed by atoms with Crippen LogP contribution in [0.1, 0.15) is 25.0 Å². The van der Waals surface area contributed by atoms with Gasteiger partial charge in [0.05, 0.1) is 4.90 Å². The van der Waals surface area contributed by atoms with Crippen LogP contribution in [0.2, 0.25) is 0 Å². The summed E-state index contributed by atoms with van der Waals surface area (Å²) in [5, 5.41) is 5.49. The van der Waals surface area contributed by atoms with E-state index in [9.17, 15) is 18.0 Å². The molecule has 0 unspecified atom stereocenters. The zero-order chi connectivity index (χ0) is 20.9. The molecule has 0 atom stereocenters. The van der Waals surface area contributed by atoms with Gasteiger partial charge in [-0.25, -0.2) is 13.2 Å². The molecule has 1 aromatic rings. The van der Waals surface area contributed by atoms with Gasteiger partial charge < -0.3 is 15.5 Å². The Morgan fingerprint density at radius 1 is 1.04 bits per heavy atom. The van der Waals surface area contributed by atoms with Gasteiger partial charge in [-0.15, -0.1) is 0 Å². The molecule has 8 nitrogen and oxygen atoms in total. The summed E-state index contributed by atoms with van der Waals surface area (Å²) in [6.07, 6.45) is 0. The maximum Gasteiger partial charge on any atom is 0.317 e. The molecule has 0 saturated carbocycles. The van der Waals surface area contributed by atoms with Crippen LogP contribution in [0.3, 0.4) is 0 Å². The SMILES string of the molecule is Cc1ccc(C)c(S(=O)(=O)N2CCN(C(=O)NCCNC(=O)C(C)C)CC2)c1. The fraction of sp³-hybridized carbons (Fsp3) is 0.579. The molecule has 28 heavy (non-hydrogen) atoms. The van der Waals surface area contributed by atoms with Crippen molar-refractivity contribution in [3.05, 3.63) is 29.3 Å². The second kappa shape index (κ2) is 9.38. The molecule has 1 aromatic carbocycles. The van der Waals surface area contributed by atoms with Gasteiger partial charge >= 0.3 is 6.03 Å². The van der Waals surface area contributed by atoms with Gasteiger partial charge in [-0.3, -0.25) is 4.79 Å². The van der Waals surface area contributed by atoms with Crippen LogP contribution < -0.4 is 10.6 Å². The van der Waals surface area contributed by atoms with Gasteiger partial charge in [-0.05, 0) is 31.0 Å². The number of nitrogens with zero attached hydrogens (tertiary/aromatic N) is 2. The molecule has 0 radical (unpaired) electrons. The first-order valence-corrected chi connectivity index (χ1v) is 10.9. The van der Waals surface area contributed by atoms with Crippen molar-refractivity contribution in [1.29, 1.82) is 0 Å². The lowest BCUT2D eigenvalue weighted by Gasteiger charge is -2.34. The van der Waals surface area contributed by atoms with Gasteiger partial charge in [0.1, 0.15) is 0 Å². The minimum atomic E-state index is -3.58. The number of nitrogens with one attached hydrogen (secondary N) is 2. The molecule has 0 bridgehead atoms. The second-order valence-corrected chi connectivity index (χ2v) is 9.24. The van der Waals surface area contributed by atoms with Gasteiger partial charge in [-0.1, -0.05) is 26.0 Å². The van der Waals surface area contributed by atoms with Crippen molar-refractivity contribution in [3.63, 3.8) is 0 Å². The average Bonchev–Trinajstić information content (AvgIpc) is 2.66. The van der Waals surface area contributed by atoms with E-state index in [0.29, 0.717) is 36.6 Å². The summed E-state index contributed by atoms with van der Waals surface area (Å²) in [5.41, 5.74) is 1.61. The van der Waals surface area contributed by atoms with Crippen molar-refractivity contribution < 1.29 is 18.0 Å². The number of hydrogen-bond acceptors (Lipinski definition) is 4. The van der Waals surface area contributed by atoms with Crippen LogP contribution in [0, 0.1) is 19.8 Å². The lowest BCUT2D eigenvalue weighted by Crippen LogP contribution is -2.53. The summed E-state index contributed by atoms with van der Waals surface area (Å²) in [5.74, 6) is -0.151. The highest BCUT2D eigenvalue weighted by Gasteiger charge is 2.31. The highest BCUT2D eigenvalue weighted by Crippen LogP contribution is 2.22. The number of rotatable bonds is 6. The van der Waals surface area contributed by atoms with Crippen LogP contribution in [0.5, 0.6) is 0 Å². The third kappa shape index (κ3) is 5.45. The Bertz CT molecular complexity index is 815. The first-order valence-electron chi connectivity index (χ1n) is 9.51. The van der Waals surface area contributed by atoms with Gasteiger partial charge in [0, 0.05) is 45.2 Å². The molecule has 0 aliphatic carbocycles. The topological polar surface area (TPSA) is 98.8 Å². The number of hydrogen-bond donors (Lipinski definition) is 2. The van der Waals surface area contributed by atoms with E-state index in [1.807, 2.05) is 19.1 Å². The molecular weight excluding hydrogens is 380 g/mol. The van der Waals surface area contributed by atoms with Crippen LogP contribution >= 0.6 is 0 Å². The number of urea groups is 1. The number of sulfonamides is 1. The predicted molar refractivity (Wildman–Crippen MR) is 107 cm³/mol. The highest BCUT2D eigenvalue weighted by atomic mass is 32.2. The van der Waals surface area contributed by atoms with E-state index in [1.54, 1.807) is 31.7 Å². The van der Waals surface area contributed by atoms with Gasteiger partial charge in [0.25, 0.3) is 0 Å². The molecule has 0 spiro atoms. The molecule has 1 heterocycles. The first-order chi connectivity index (χ1) is 13.1. The number of piperazine rings is 1. The van der Waals surface area contributed by atoms with Crippen LogP contribution in [-0.2, 0) is 14.8 Å². The molecule has 1 saturated heterocycles. The summed E-state index contributed by atoms with van der Waals surface area (Å²) in [4.78, 5) is 25.6. The van der Waals surface area contributed by atoms with E-state index in [0.717, 1.165) is 5.56 Å². The van der Waals surface area contributed by atoms with E-state index >= 15 is 0 Å². The zero-order valence-corrected chi connectivity index (χ0v) is 17.8. The highest BCUT2D eigenvalue weighted by molar-refractivity contribution is 7.89. The Balaban J connectivity index is 1.85. The van der Waals surface area contributed by atoms with Crippen molar-refractivity contribution in [3.8, 4) is 0 Å². The normalized spacial score (nSPS) is 15.5. The summed E-state index contributed by atoms with van der Waals surface area (Å²) in [7, 11) is -3.58. The van der Waals surface area contributed by atoms with Gasteiger partial charge in [0.15, 0.2) is 0 Å². The van der Waals surface area contributed by atoms with Crippen LogP contribution in [0.4, 0.5) is 4.79 Å². The van der Waals surface area contributed by atoms with Crippen LogP contribution in [0.25, 0.3) is 0 Å². The number of carbonyl (C=O) groups excluding carboxylic acids is 2. The Labute approximate surface area is 167 Å². The summed E-state index contributed by atoms with van der Waals surface area (Å²) >= 11 is 0. The molecule has 2 rings (SSSR count). The Kier molecular flexibility index (Phi) is 7.42. The molecule has 1 fully saturated rings. The minimum absolute atomic E-state index is 0.0560. The molecular formula is C19H30N4O4S. The molecule has 9 heteroatoms. The van der Waals surface area contributed by atoms with Crippen molar-refractivity contribution in [2.24, 2.45) is 5.92 Å². The predicted octanol–water partition coefficient (Wildman–Crippen LogP) is 1.09. The van der Waals surface area contributed by atoms with Gasteiger partial charge in [0.2, 0.25) is 15.9 Å². The third-order valence-electron chi connectivity index (χ3n) is 4.71. The van der Waals surface area contributed by atoms with Crippen molar-refractivity contribution in [2.75, 3.05) is 39.3 Å². The maximum absolute atomic E-state index is 12.9. The lowest BCUT2D eigenvalue weighted by atomic mass is 10.2. The fourth-order valence-corrected chi connectivity index (χ4v) is 4.66. The van der Waals surface area contributed by atoms with Crippen molar-refractivity contribution >= 4 is 22.0 Å². The molecule has 2 N–H and O–H groups in total. The average molecular weight is 411 g/mol. The van der Waals surface area contributed by atoms with Crippen LogP contribution in [0.15, 0.2) is 23.1 Å². The molecule has 1 aliphatic rings. The molecule has 3 amide bonds. The van der Waals surface area contributed by atoms with Crippen LogP contribution in [-0.4, -0.2) is 68.8 Å². The number of carbonyl (C=O) groups is 2. The first kappa shape index (κ1) is 22.2.